The Morgan fingerprint density at radius 2 is 1.57 bits per heavy atom. The summed E-state index contributed by atoms with van der Waals surface area (Å²) in [5.41, 5.74) is 6.35. The second kappa shape index (κ2) is 6.95. The number of aliphatic hydroxyl groups is 1. The van der Waals surface area contributed by atoms with Crippen LogP contribution in [0.15, 0.2) is 36.4 Å². The first-order valence-electron chi connectivity index (χ1n) is 6.23. The third-order valence-electron chi connectivity index (χ3n) is 3.32. The summed E-state index contributed by atoms with van der Waals surface area (Å²) in [4.78, 5) is 0. The van der Waals surface area contributed by atoms with Crippen LogP contribution in [-0.2, 0) is 0 Å². The lowest BCUT2D eigenvalue weighted by molar-refractivity contribution is 0.146. The quantitative estimate of drug-likeness (QED) is 0.850. The molecule has 21 heavy (non-hydrogen) atoms. The van der Waals surface area contributed by atoms with E-state index >= 15 is 0 Å². The summed E-state index contributed by atoms with van der Waals surface area (Å²) in [6, 6.07) is 9.49. The van der Waals surface area contributed by atoms with Gasteiger partial charge in [-0.3, -0.25) is 0 Å². The lowest BCUT2D eigenvalue weighted by Crippen LogP contribution is -2.21. The van der Waals surface area contributed by atoms with Gasteiger partial charge in [0.25, 0.3) is 0 Å². The molecular formula is C15H13Cl3FNO. The smallest absolute Gasteiger partial charge is 0.145 e. The van der Waals surface area contributed by atoms with Crippen LogP contribution < -0.4 is 5.73 Å². The highest BCUT2D eigenvalue weighted by molar-refractivity contribution is 6.42. The second-order valence-electron chi connectivity index (χ2n) is 4.57. The van der Waals surface area contributed by atoms with Crippen molar-refractivity contribution in [3.8, 4) is 0 Å². The van der Waals surface area contributed by atoms with Crippen LogP contribution in [0.4, 0.5) is 4.39 Å². The van der Waals surface area contributed by atoms with E-state index < -0.39 is 17.8 Å². The molecule has 0 aliphatic rings. The van der Waals surface area contributed by atoms with Gasteiger partial charge in [0.2, 0.25) is 0 Å². The van der Waals surface area contributed by atoms with Gasteiger partial charge in [0.15, 0.2) is 0 Å². The summed E-state index contributed by atoms with van der Waals surface area (Å²) in [6.45, 7) is 0.0290. The van der Waals surface area contributed by atoms with Gasteiger partial charge in [-0.2, -0.15) is 0 Å². The maximum absolute atomic E-state index is 14.1. The fourth-order valence-electron chi connectivity index (χ4n) is 2.20. The third-order valence-corrected chi connectivity index (χ3v) is 4.44. The summed E-state index contributed by atoms with van der Waals surface area (Å²) in [5.74, 6) is -1.27. The Morgan fingerprint density at radius 3 is 2.19 bits per heavy atom. The topological polar surface area (TPSA) is 46.2 Å². The fourth-order valence-corrected chi connectivity index (χ4v) is 2.80. The number of aliphatic hydroxyl groups excluding tert-OH is 1. The van der Waals surface area contributed by atoms with Gasteiger partial charge < -0.3 is 10.8 Å². The molecule has 2 rings (SSSR count). The minimum absolute atomic E-state index is 0.0182. The normalized spacial score (nSPS) is 14.0. The molecule has 0 saturated carbocycles. The molecule has 0 aliphatic carbocycles. The van der Waals surface area contributed by atoms with E-state index in [0.29, 0.717) is 10.6 Å². The van der Waals surface area contributed by atoms with Crippen LogP contribution in [0.5, 0.6) is 0 Å². The molecule has 112 valence electrons. The summed E-state index contributed by atoms with van der Waals surface area (Å²) in [7, 11) is 0. The molecule has 0 spiro atoms. The predicted molar refractivity (Wildman–Crippen MR) is 84.6 cm³/mol. The molecule has 0 amide bonds. The van der Waals surface area contributed by atoms with Crippen molar-refractivity contribution >= 4 is 34.8 Å². The molecule has 2 aromatic rings. The summed E-state index contributed by atoms with van der Waals surface area (Å²) < 4.78 is 14.1. The Morgan fingerprint density at radius 1 is 1.00 bits per heavy atom. The van der Waals surface area contributed by atoms with E-state index in [1.54, 1.807) is 30.3 Å². The maximum atomic E-state index is 14.1. The van der Waals surface area contributed by atoms with Crippen molar-refractivity contribution < 1.29 is 9.50 Å². The molecule has 2 nitrogen and oxygen atoms in total. The second-order valence-corrected chi connectivity index (χ2v) is 5.77. The summed E-state index contributed by atoms with van der Waals surface area (Å²) in [5, 5.41) is 11.0. The van der Waals surface area contributed by atoms with E-state index in [4.69, 9.17) is 40.5 Å². The van der Waals surface area contributed by atoms with Gasteiger partial charge in [-0.15, -0.1) is 0 Å². The van der Waals surface area contributed by atoms with Crippen LogP contribution in [0.2, 0.25) is 15.1 Å². The predicted octanol–water partition coefficient (Wildman–Crippen LogP) is 4.56. The lowest BCUT2D eigenvalue weighted by atomic mass is 9.89. The van der Waals surface area contributed by atoms with Crippen molar-refractivity contribution in [2.45, 2.75) is 12.0 Å². The third kappa shape index (κ3) is 3.33. The van der Waals surface area contributed by atoms with Crippen LogP contribution >= 0.6 is 34.8 Å². The molecule has 2 aromatic carbocycles. The van der Waals surface area contributed by atoms with Crippen molar-refractivity contribution in [2.75, 3.05) is 6.54 Å². The Kier molecular flexibility index (Phi) is 5.47. The molecule has 0 aromatic heterocycles. The Balaban J connectivity index is 2.46. The number of nitrogens with two attached hydrogens (primary N) is 1. The number of rotatable bonds is 4. The molecule has 0 fully saturated rings. The molecule has 2 unspecified atom stereocenters. The largest absolute Gasteiger partial charge is 0.388 e. The zero-order chi connectivity index (χ0) is 15.6. The van der Waals surface area contributed by atoms with Crippen molar-refractivity contribution in [2.24, 2.45) is 5.73 Å². The van der Waals surface area contributed by atoms with Gasteiger partial charge in [-0.1, -0.05) is 59.1 Å². The van der Waals surface area contributed by atoms with Crippen LogP contribution in [0, 0.1) is 5.82 Å². The zero-order valence-corrected chi connectivity index (χ0v) is 13.1. The average Bonchev–Trinajstić information content (AvgIpc) is 2.47. The van der Waals surface area contributed by atoms with Gasteiger partial charge in [0.05, 0.1) is 21.2 Å². The Labute approximate surface area is 137 Å². The number of hydrogen-bond donors (Lipinski definition) is 2. The average molecular weight is 349 g/mol. The van der Waals surface area contributed by atoms with Crippen molar-refractivity contribution in [3.63, 3.8) is 0 Å². The van der Waals surface area contributed by atoms with Crippen molar-refractivity contribution in [1.82, 2.24) is 0 Å². The number of halogens is 4. The van der Waals surface area contributed by atoms with Crippen molar-refractivity contribution in [1.29, 1.82) is 0 Å². The number of hydrogen-bond acceptors (Lipinski definition) is 2. The molecular weight excluding hydrogens is 336 g/mol. The summed E-state index contributed by atoms with van der Waals surface area (Å²) >= 11 is 17.8. The van der Waals surface area contributed by atoms with Gasteiger partial charge >= 0.3 is 0 Å². The zero-order valence-electron chi connectivity index (χ0n) is 10.9. The van der Waals surface area contributed by atoms with Crippen LogP contribution in [0.25, 0.3) is 0 Å². The van der Waals surface area contributed by atoms with E-state index in [1.807, 2.05) is 0 Å². The molecule has 6 heteroatoms. The maximum Gasteiger partial charge on any atom is 0.145 e. The van der Waals surface area contributed by atoms with Crippen molar-refractivity contribution in [3.05, 3.63) is 68.4 Å². The number of benzene rings is 2. The van der Waals surface area contributed by atoms with Crippen LogP contribution in [0.3, 0.4) is 0 Å². The highest BCUT2D eigenvalue weighted by atomic mass is 35.5. The molecule has 0 heterocycles. The molecule has 2 atom stereocenters. The molecule has 0 radical (unpaired) electrons. The molecule has 0 saturated heterocycles. The minimum Gasteiger partial charge on any atom is -0.388 e. The van der Waals surface area contributed by atoms with E-state index in [1.165, 1.54) is 6.07 Å². The first-order valence-corrected chi connectivity index (χ1v) is 7.36. The Hall–Kier alpha value is -0.840. The fraction of sp³-hybridized carbons (Fsp3) is 0.200. The molecule has 3 N–H and O–H groups in total. The first-order chi connectivity index (χ1) is 9.97. The molecule has 0 bridgehead atoms. The highest BCUT2D eigenvalue weighted by Crippen LogP contribution is 2.38. The van der Waals surface area contributed by atoms with E-state index in [-0.39, 0.29) is 22.2 Å². The first kappa shape index (κ1) is 16.5. The van der Waals surface area contributed by atoms with E-state index in [2.05, 4.69) is 0 Å². The lowest BCUT2D eigenvalue weighted by Gasteiger charge is -2.24. The van der Waals surface area contributed by atoms with E-state index in [9.17, 15) is 9.50 Å². The standard InChI is InChI=1S/C15H13Cl3FNO/c16-11-5-2-4-9(13(11)18)15(21)10(7-20)8-3-1-6-12(17)14(8)19/h1-6,10,15,21H,7,20H2. The minimum atomic E-state index is -1.09. The van der Waals surface area contributed by atoms with Gasteiger partial charge in [0.1, 0.15) is 5.82 Å². The highest BCUT2D eigenvalue weighted by Gasteiger charge is 2.27. The monoisotopic (exact) mass is 347 g/mol. The summed E-state index contributed by atoms with van der Waals surface area (Å²) in [6.07, 6.45) is -1.09. The SMILES string of the molecule is NCC(c1cccc(Cl)c1F)C(O)c1cccc(Cl)c1Cl. The van der Waals surface area contributed by atoms with E-state index in [0.717, 1.165) is 0 Å². The van der Waals surface area contributed by atoms with Gasteiger partial charge in [-0.25, -0.2) is 4.39 Å². The van der Waals surface area contributed by atoms with Gasteiger partial charge in [-0.05, 0) is 17.7 Å². The van der Waals surface area contributed by atoms with Crippen LogP contribution in [0.1, 0.15) is 23.1 Å². The molecule has 0 aliphatic heterocycles. The van der Waals surface area contributed by atoms with Gasteiger partial charge in [0, 0.05) is 18.0 Å². The van der Waals surface area contributed by atoms with Crippen LogP contribution in [-0.4, -0.2) is 11.7 Å². The Bertz CT molecular complexity index is 651.